The van der Waals surface area contributed by atoms with Crippen LogP contribution >= 0.6 is 0 Å². The van der Waals surface area contributed by atoms with Crippen molar-refractivity contribution in [2.75, 3.05) is 25.9 Å². The summed E-state index contributed by atoms with van der Waals surface area (Å²) in [5, 5.41) is 0. The first-order chi connectivity index (χ1) is 8.93. The van der Waals surface area contributed by atoms with Gasteiger partial charge in [0.2, 0.25) is 0 Å². The number of likely N-dealkylation sites (N-methyl/N-ethyl adjacent to an activating group) is 1. The summed E-state index contributed by atoms with van der Waals surface area (Å²) in [7, 11) is -3.52. The van der Waals surface area contributed by atoms with Gasteiger partial charge in [0.1, 0.15) is 10.7 Å². The Morgan fingerprint density at radius 3 is 2.63 bits per heavy atom. The van der Waals surface area contributed by atoms with Crippen LogP contribution in [0, 0.1) is 5.82 Å². The van der Waals surface area contributed by atoms with Gasteiger partial charge >= 0.3 is 0 Å². The van der Waals surface area contributed by atoms with Gasteiger partial charge in [-0.1, -0.05) is 25.1 Å². The highest BCUT2D eigenvalue weighted by atomic mass is 32.2. The van der Waals surface area contributed by atoms with Crippen LogP contribution in [0.4, 0.5) is 4.39 Å². The van der Waals surface area contributed by atoms with Gasteiger partial charge in [0, 0.05) is 24.9 Å². The molecule has 1 aromatic rings. The molecule has 0 fully saturated rings. The maximum Gasteiger partial charge on any atom is 0.178 e. The van der Waals surface area contributed by atoms with Crippen LogP contribution in [0.25, 0.3) is 5.57 Å². The number of rotatable bonds is 3. The molecule has 0 aliphatic carbocycles. The third-order valence-corrected chi connectivity index (χ3v) is 4.56. The Morgan fingerprint density at radius 1 is 1.37 bits per heavy atom. The summed E-state index contributed by atoms with van der Waals surface area (Å²) in [4.78, 5) is 2.03. The zero-order valence-electron chi connectivity index (χ0n) is 11.2. The molecule has 1 aromatic carbocycles. The maximum atomic E-state index is 14.3. The summed E-state index contributed by atoms with van der Waals surface area (Å²) in [5.74, 6) is -0.624. The van der Waals surface area contributed by atoms with Crippen molar-refractivity contribution in [1.29, 1.82) is 0 Å². The van der Waals surface area contributed by atoms with Crippen LogP contribution in [0.3, 0.4) is 0 Å². The second kappa shape index (κ2) is 5.43. The number of halogens is 1. The molecule has 0 saturated heterocycles. The van der Waals surface area contributed by atoms with Gasteiger partial charge in [0.15, 0.2) is 9.84 Å². The number of sulfone groups is 1. The fraction of sp³-hybridized carbons (Fsp3) is 0.429. The van der Waals surface area contributed by atoms with Crippen molar-refractivity contribution in [1.82, 2.24) is 4.90 Å². The van der Waals surface area contributed by atoms with Crippen LogP contribution < -0.4 is 0 Å². The number of hydrogen-bond donors (Lipinski definition) is 0. The number of hydrogen-bond acceptors (Lipinski definition) is 3. The molecule has 3 nitrogen and oxygen atoms in total. The Morgan fingerprint density at radius 2 is 2.11 bits per heavy atom. The topological polar surface area (TPSA) is 37.4 Å². The average Bonchev–Trinajstić information content (AvgIpc) is 2.38. The molecule has 0 atom stereocenters. The summed E-state index contributed by atoms with van der Waals surface area (Å²) in [6.45, 7) is 4.72. The minimum Gasteiger partial charge on any atom is -0.300 e. The first-order valence-corrected chi connectivity index (χ1v) is 8.23. The van der Waals surface area contributed by atoms with Crippen LogP contribution in [0.5, 0.6) is 0 Å². The highest BCUT2D eigenvalue weighted by Crippen LogP contribution is 2.28. The summed E-state index contributed by atoms with van der Waals surface area (Å²) in [6.07, 6.45) is 3.76. The van der Waals surface area contributed by atoms with E-state index in [0.717, 1.165) is 37.9 Å². The van der Waals surface area contributed by atoms with Gasteiger partial charge < -0.3 is 0 Å². The minimum atomic E-state index is -3.52. The average molecular weight is 283 g/mol. The Kier molecular flexibility index (Phi) is 4.06. The largest absolute Gasteiger partial charge is 0.300 e. The van der Waals surface area contributed by atoms with E-state index < -0.39 is 15.7 Å². The molecule has 5 heteroatoms. The van der Waals surface area contributed by atoms with Gasteiger partial charge in [-0.15, -0.1) is 0 Å². The van der Waals surface area contributed by atoms with E-state index in [1.165, 1.54) is 6.07 Å². The first kappa shape index (κ1) is 14.2. The molecule has 0 unspecified atom stereocenters. The van der Waals surface area contributed by atoms with Gasteiger partial charge in [-0.3, -0.25) is 4.90 Å². The molecule has 0 aromatic heterocycles. The zero-order chi connectivity index (χ0) is 14.0. The standard InChI is InChI=1S/C14H18FNO2S/c1-3-16-9-7-11(8-10-16)12-5-4-6-13(14(12)15)19(2,17)18/h4-7H,3,8-10H2,1-2H3. The van der Waals surface area contributed by atoms with Gasteiger partial charge in [0.05, 0.1) is 0 Å². The van der Waals surface area contributed by atoms with Crippen molar-refractivity contribution in [3.63, 3.8) is 0 Å². The predicted molar refractivity (Wildman–Crippen MR) is 74.2 cm³/mol. The predicted octanol–water partition coefficient (Wildman–Crippen LogP) is 2.34. The third-order valence-electron chi connectivity index (χ3n) is 3.45. The molecule has 1 heterocycles. The van der Waals surface area contributed by atoms with Crippen LogP contribution in [0.1, 0.15) is 18.9 Å². The molecule has 2 rings (SSSR count). The molecule has 1 aliphatic rings. The van der Waals surface area contributed by atoms with Gasteiger partial charge in [-0.25, -0.2) is 12.8 Å². The second-order valence-electron chi connectivity index (χ2n) is 4.76. The van der Waals surface area contributed by atoms with E-state index in [9.17, 15) is 12.8 Å². The molecule has 0 amide bonds. The van der Waals surface area contributed by atoms with E-state index in [4.69, 9.17) is 0 Å². The van der Waals surface area contributed by atoms with Crippen LogP contribution in [-0.4, -0.2) is 39.2 Å². The summed E-state index contributed by atoms with van der Waals surface area (Å²) >= 11 is 0. The van der Waals surface area contributed by atoms with E-state index in [2.05, 4.69) is 11.8 Å². The lowest BCUT2D eigenvalue weighted by Crippen LogP contribution is -2.28. The van der Waals surface area contributed by atoms with E-state index >= 15 is 0 Å². The summed E-state index contributed by atoms with van der Waals surface area (Å²) < 4.78 is 37.3. The molecule has 1 aliphatic heterocycles. The third kappa shape index (κ3) is 3.04. The minimum absolute atomic E-state index is 0.219. The van der Waals surface area contributed by atoms with Crippen LogP contribution in [0.15, 0.2) is 29.2 Å². The van der Waals surface area contributed by atoms with Crippen molar-refractivity contribution in [3.05, 3.63) is 35.7 Å². The maximum absolute atomic E-state index is 14.3. The van der Waals surface area contributed by atoms with E-state index in [1.54, 1.807) is 12.1 Å². The fourth-order valence-electron chi connectivity index (χ4n) is 2.29. The smallest absolute Gasteiger partial charge is 0.178 e. The van der Waals surface area contributed by atoms with E-state index in [1.807, 2.05) is 6.08 Å². The van der Waals surface area contributed by atoms with E-state index in [0.29, 0.717) is 5.56 Å². The second-order valence-corrected chi connectivity index (χ2v) is 6.75. The summed E-state index contributed by atoms with van der Waals surface area (Å²) in [6, 6.07) is 4.56. The van der Waals surface area contributed by atoms with Crippen LogP contribution in [0.2, 0.25) is 0 Å². The van der Waals surface area contributed by atoms with Crippen LogP contribution in [-0.2, 0) is 9.84 Å². The molecular formula is C14H18FNO2S. The lowest BCUT2D eigenvalue weighted by atomic mass is 9.99. The molecule has 0 N–H and O–H groups in total. The number of nitrogens with zero attached hydrogens (tertiary/aromatic N) is 1. The SMILES string of the molecule is CCN1CC=C(c2cccc(S(C)(=O)=O)c2F)CC1. The fourth-order valence-corrected chi connectivity index (χ4v) is 3.05. The van der Waals surface area contributed by atoms with Gasteiger partial charge in [-0.2, -0.15) is 0 Å². The highest BCUT2D eigenvalue weighted by Gasteiger charge is 2.20. The Hall–Kier alpha value is -1.20. The first-order valence-electron chi connectivity index (χ1n) is 6.33. The van der Waals surface area contributed by atoms with E-state index in [-0.39, 0.29) is 4.90 Å². The van der Waals surface area contributed by atoms with Crippen molar-refractivity contribution in [2.45, 2.75) is 18.2 Å². The van der Waals surface area contributed by atoms with Crippen molar-refractivity contribution in [3.8, 4) is 0 Å². The highest BCUT2D eigenvalue weighted by molar-refractivity contribution is 7.90. The van der Waals surface area contributed by atoms with Crippen molar-refractivity contribution < 1.29 is 12.8 Å². The number of benzene rings is 1. The molecule has 104 valence electrons. The molecular weight excluding hydrogens is 265 g/mol. The lowest BCUT2D eigenvalue weighted by Gasteiger charge is -2.25. The van der Waals surface area contributed by atoms with Gasteiger partial charge in [-0.05, 0) is 24.6 Å². The molecule has 0 saturated carbocycles. The molecule has 19 heavy (non-hydrogen) atoms. The van der Waals surface area contributed by atoms with Crippen molar-refractivity contribution in [2.24, 2.45) is 0 Å². The lowest BCUT2D eigenvalue weighted by molar-refractivity contribution is 0.318. The Labute approximate surface area is 113 Å². The quantitative estimate of drug-likeness (QED) is 0.854. The van der Waals surface area contributed by atoms with Gasteiger partial charge in [0.25, 0.3) is 0 Å². The zero-order valence-corrected chi connectivity index (χ0v) is 12.0. The monoisotopic (exact) mass is 283 g/mol. The summed E-state index contributed by atoms with van der Waals surface area (Å²) in [5.41, 5.74) is 1.31. The molecule has 0 bridgehead atoms. The van der Waals surface area contributed by atoms with Crippen molar-refractivity contribution >= 4 is 15.4 Å². The molecule has 0 radical (unpaired) electrons. The normalized spacial score (nSPS) is 17.3. The Balaban J connectivity index is 2.40. The molecule has 0 spiro atoms. The Bertz CT molecular complexity index is 608.